The number of benzene rings is 1. The molecule has 1 atom stereocenters. The van der Waals surface area contributed by atoms with E-state index in [1.807, 2.05) is 12.1 Å². The van der Waals surface area contributed by atoms with E-state index < -0.39 is 0 Å². The molecule has 1 aliphatic rings. The molecule has 1 aromatic carbocycles. The van der Waals surface area contributed by atoms with Crippen molar-refractivity contribution in [1.29, 1.82) is 0 Å². The van der Waals surface area contributed by atoms with E-state index in [4.69, 9.17) is 11.5 Å². The Hall–Kier alpha value is -0.440. The molecule has 4 heteroatoms. The highest BCUT2D eigenvalue weighted by molar-refractivity contribution is 5.85. The molecule has 0 heterocycles. The quantitative estimate of drug-likeness (QED) is 0.675. The van der Waals surface area contributed by atoms with Gasteiger partial charge in [0.1, 0.15) is 0 Å². The number of hydrogen-bond acceptors (Lipinski definition) is 2. The van der Waals surface area contributed by atoms with Gasteiger partial charge in [-0.25, -0.2) is 0 Å². The Morgan fingerprint density at radius 1 is 1.21 bits per heavy atom. The molecule has 0 bridgehead atoms. The Morgan fingerprint density at radius 3 is 2.64 bits per heavy atom. The van der Waals surface area contributed by atoms with Crippen LogP contribution in [0.5, 0.6) is 0 Å². The van der Waals surface area contributed by atoms with Gasteiger partial charge < -0.3 is 11.5 Å². The predicted molar refractivity (Wildman–Crippen MR) is 65.4 cm³/mol. The highest BCUT2D eigenvalue weighted by Gasteiger charge is 2.16. The Kier molecular flexibility index (Phi) is 5.27. The summed E-state index contributed by atoms with van der Waals surface area (Å²) in [6.07, 6.45) is 3.10. The summed E-state index contributed by atoms with van der Waals surface area (Å²) in [7, 11) is 0. The van der Waals surface area contributed by atoms with Crippen molar-refractivity contribution >= 4 is 30.5 Å². The maximum absolute atomic E-state index is 5.86. The molecule has 0 aliphatic heterocycles. The summed E-state index contributed by atoms with van der Waals surface area (Å²) in [4.78, 5) is 0. The van der Waals surface area contributed by atoms with E-state index in [0.29, 0.717) is 6.04 Å². The number of fused-ring (bicyclic) bond motifs is 1. The average molecular weight is 235 g/mol. The van der Waals surface area contributed by atoms with Crippen molar-refractivity contribution in [3.63, 3.8) is 0 Å². The van der Waals surface area contributed by atoms with Gasteiger partial charge in [0.2, 0.25) is 0 Å². The molecule has 0 unspecified atom stereocenters. The van der Waals surface area contributed by atoms with E-state index in [1.165, 1.54) is 11.1 Å². The number of nitrogen functional groups attached to an aromatic ring is 1. The van der Waals surface area contributed by atoms with Crippen molar-refractivity contribution in [2.45, 2.75) is 25.3 Å². The Labute approximate surface area is 96.9 Å². The highest BCUT2D eigenvalue weighted by atomic mass is 35.5. The van der Waals surface area contributed by atoms with Crippen LogP contribution in [0.3, 0.4) is 0 Å². The summed E-state index contributed by atoms with van der Waals surface area (Å²) in [6.45, 7) is 0. The van der Waals surface area contributed by atoms with Crippen LogP contribution < -0.4 is 11.5 Å². The topological polar surface area (TPSA) is 52.0 Å². The lowest BCUT2D eigenvalue weighted by molar-refractivity contribution is 0.577. The minimum atomic E-state index is 0. The number of hydrogen-bond donors (Lipinski definition) is 2. The second-order valence-electron chi connectivity index (χ2n) is 3.49. The molecule has 0 amide bonds. The van der Waals surface area contributed by atoms with E-state index in [-0.39, 0.29) is 24.8 Å². The smallest absolute Gasteiger partial charge is 0.0349 e. The zero-order valence-electron chi connectivity index (χ0n) is 7.90. The van der Waals surface area contributed by atoms with Crippen LogP contribution in [-0.2, 0) is 12.8 Å². The first-order valence-electron chi connectivity index (χ1n) is 4.39. The lowest BCUT2D eigenvalue weighted by atomic mass is 9.88. The highest BCUT2D eigenvalue weighted by Crippen LogP contribution is 2.25. The van der Waals surface area contributed by atoms with E-state index >= 15 is 0 Å². The molecule has 0 radical (unpaired) electrons. The number of rotatable bonds is 0. The molecule has 2 nitrogen and oxygen atoms in total. The summed E-state index contributed by atoms with van der Waals surface area (Å²) in [5.41, 5.74) is 15.3. The zero-order chi connectivity index (χ0) is 8.55. The van der Waals surface area contributed by atoms with Crippen LogP contribution in [0, 0.1) is 0 Å². The SMILES string of the molecule is Cl.Cl.Nc1cccc2c1CC[C@H](N)C2. The number of halogens is 2. The fraction of sp³-hybridized carbons (Fsp3) is 0.400. The molecule has 4 N–H and O–H groups in total. The van der Waals surface area contributed by atoms with Gasteiger partial charge in [-0.05, 0) is 36.5 Å². The first kappa shape index (κ1) is 13.6. The molecule has 0 aromatic heterocycles. The van der Waals surface area contributed by atoms with Crippen LogP contribution in [0.25, 0.3) is 0 Å². The summed E-state index contributed by atoms with van der Waals surface area (Å²) in [5.74, 6) is 0. The van der Waals surface area contributed by atoms with Crippen LogP contribution in [0.15, 0.2) is 18.2 Å². The third kappa shape index (κ3) is 2.53. The minimum Gasteiger partial charge on any atom is -0.398 e. The summed E-state index contributed by atoms with van der Waals surface area (Å²) >= 11 is 0. The van der Waals surface area contributed by atoms with Crippen LogP contribution >= 0.6 is 24.8 Å². The average Bonchev–Trinajstić information content (AvgIpc) is 2.04. The Balaban J connectivity index is 0.000000845. The van der Waals surface area contributed by atoms with Crippen LogP contribution in [0.2, 0.25) is 0 Å². The molecular formula is C10H16Cl2N2. The third-order valence-corrected chi connectivity index (χ3v) is 2.56. The normalized spacial score (nSPS) is 18.8. The minimum absolute atomic E-state index is 0. The van der Waals surface area contributed by atoms with Crippen LogP contribution in [0.1, 0.15) is 17.5 Å². The van der Waals surface area contributed by atoms with Gasteiger partial charge in [-0.2, -0.15) is 0 Å². The van der Waals surface area contributed by atoms with Gasteiger partial charge in [0, 0.05) is 11.7 Å². The molecule has 14 heavy (non-hydrogen) atoms. The van der Waals surface area contributed by atoms with Gasteiger partial charge in [0.15, 0.2) is 0 Å². The van der Waals surface area contributed by atoms with Crippen molar-refractivity contribution in [3.8, 4) is 0 Å². The van der Waals surface area contributed by atoms with Gasteiger partial charge in [0.25, 0.3) is 0 Å². The lowest BCUT2D eigenvalue weighted by Gasteiger charge is -2.22. The number of anilines is 1. The van der Waals surface area contributed by atoms with Gasteiger partial charge in [0.05, 0.1) is 0 Å². The molecule has 0 fully saturated rings. The molecule has 0 saturated heterocycles. The monoisotopic (exact) mass is 234 g/mol. The van der Waals surface area contributed by atoms with Gasteiger partial charge in [-0.1, -0.05) is 12.1 Å². The molecule has 0 spiro atoms. The number of nitrogens with two attached hydrogens (primary N) is 2. The second kappa shape index (κ2) is 5.44. The molecule has 2 rings (SSSR count). The first-order chi connectivity index (χ1) is 5.77. The molecule has 0 saturated carbocycles. The van der Waals surface area contributed by atoms with Crippen molar-refractivity contribution in [1.82, 2.24) is 0 Å². The van der Waals surface area contributed by atoms with Crippen LogP contribution in [-0.4, -0.2) is 6.04 Å². The van der Waals surface area contributed by atoms with Gasteiger partial charge in [-0.15, -0.1) is 24.8 Å². The fourth-order valence-electron chi connectivity index (χ4n) is 1.86. The summed E-state index contributed by atoms with van der Waals surface area (Å²) < 4.78 is 0. The standard InChI is InChI=1S/C10H14N2.2ClH/c11-8-4-5-9-7(6-8)2-1-3-10(9)12;;/h1-3,8H,4-6,11-12H2;2*1H/t8-;;/m0../s1. The van der Waals surface area contributed by atoms with Crippen molar-refractivity contribution in [3.05, 3.63) is 29.3 Å². The van der Waals surface area contributed by atoms with Crippen molar-refractivity contribution in [2.75, 3.05) is 5.73 Å². The Bertz CT molecular complexity index is 302. The molecule has 80 valence electrons. The van der Waals surface area contributed by atoms with E-state index in [0.717, 1.165) is 24.9 Å². The maximum Gasteiger partial charge on any atom is 0.0349 e. The maximum atomic E-state index is 5.86. The van der Waals surface area contributed by atoms with E-state index in [9.17, 15) is 0 Å². The summed E-state index contributed by atoms with van der Waals surface area (Å²) in [6, 6.07) is 6.44. The second-order valence-corrected chi connectivity index (χ2v) is 3.49. The van der Waals surface area contributed by atoms with Crippen LogP contribution in [0.4, 0.5) is 5.69 Å². The molecule has 1 aliphatic carbocycles. The van der Waals surface area contributed by atoms with Gasteiger partial charge >= 0.3 is 0 Å². The molecule has 1 aromatic rings. The first-order valence-corrected chi connectivity index (χ1v) is 4.39. The zero-order valence-corrected chi connectivity index (χ0v) is 9.53. The third-order valence-electron chi connectivity index (χ3n) is 2.56. The van der Waals surface area contributed by atoms with Gasteiger partial charge in [-0.3, -0.25) is 0 Å². The fourth-order valence-corrected chi connectivity index (χ4v) is 1.86. The predicted octanol–water partition coefficient (Wildman–Crippen LogP) is 1.93. The van der Waals surface area contributed by atoms with Crippen molar-refractivity contribution < 1.29 is 0 Å². The largest absolute Gasteiger partial charge is 0.398 e. The van der Waals surface area contributed by atoms with E-state index in [1.54, 1.807) is 0 Å². The van der Waals surface area contributed by atoms with E-state index in [2.05, 4.69) is 6.07 Å². The Morgan fingerprint density at radius 2 is 1.93 bits per heavy atom. The molecular weight excluding hydrogens is 219 g/mol. The van der Waals surface area contributed by atoms with Crippen molar-refractivity contribution in [2.24, 2.45) is 5.73 Å². The summed E-state index contributed by atoms with van der Waals surface area (Å²) in [5, 5.41) is 0. The lowest BCUT2D eigenvalue weighted by Crippen LogP contribution is -2.28.